The summed E-state index contributed by atoms with van der Waals surface area (Å²) in [5.41, 5.74) is 1.05. The number of piperidine rings is 1. The van der Waals surface area contributed by atoms with E-state index in [0.717, 1.165) is 76.2 Å². The van der Waals surface area contributed by atoms with Gasteiger partial charge in [-0.05, 0) is 49.7 Å². The largest absolute Gasteiger partial charge is 0.493 e. The topological polar surface area (TPSA) is 50.7 Å². The Morgan fingerprint density at radius 1 is 1.11 bits per heavy atom. The van der Waals surface area contributed by atoms with Gasteiger partial charge < -0.3 is 14.4 Å². The minimum Gasteiger partial charge on any atom is -0.493 e. The standard InChI is InChI=1S/C21H27FN4O2/c22-18-3-5-20(6-4-18)28-16-17-2-1-9-25(14-17)15-19-7-8-23-21(24-19)26-10-12-27-13-11-26/h3-8,17H,1-2,9-16H2/t17-/m0/s1. The Kier molecular flexibility index (Phi) is 6.34. The Hall–Kier alpha value is -2.25. The second-order valence-electron chi connectivity index (χ2n) is 7.46. The van der Waals surface area contributed by atoms with Crippen LogP contribution < -0.4 is 9.64 Å². The third-order valence-electron chi connectivity index (χ3n) is 5.28. The molecule has 0 radical (unpaired) electrons. The highest BCUT2D eigenvalue weighted by molar-refractivity contribution is 5.30. The van der Waals surface area contributed by atoms with E-state index < -0.39 is 0 Å². The number of rotatable bonds is 6. The molecule has 1 aromatic carbocycles. The fourth-order valence-corrected chi connectivity index (χ4v) is 3.79. The van der Waals surface area contributed by atoms with Gasteiger partial charge in [-0.25, -0.2) is 14.4 Å². The maximum Gasteiger partial charge on any atom is 0.225 e. The van der Waals surface area contributed by atoms with E-state index in [1.807, 2.05) is 12.3 Å². The van der Waals surface area contributed by atoms with E-state index in [-0.39, 0.29) is 5.82 Å². The zero-order valence-electron chi connectivity index (χ0n) is 16.1. The Morgan fingerprint density at radius 2 is 1.93 bits per heavy atom. The van der Waals surface area contributed by atoms with Crippen LogP contribution in [0.2, 0.25) is 0 Å². The van der Waals surface area contributed by atoms with Crippen molar-refractivity contribution in [3.05, 3.63) is 48.0 Å². The molecule has 0 N–H and O–H groups in total. The van der Waals surface area contributed by atoms with Crippen LogP contribution in [-0.2, 0) is 11.3 Å². The third kappa shape index (κ3) is 5.17. The van der Waals surface area contributed by atoms with Crippen LogP contribution in [0.15, 0.2) is 36.5 Å². The first-order chi connectivity index (χ1) is 13.8. The molecule has 2 aromatic rings. The third-order valence-corrected chi connectivity index (χ3v) is 5.28. The lowest BCUT2D eigenvalue weighted by Gasteiger charge is -2.32. The molecule has 7 heteroatoms. The summed E-state index contributed by atoms with van der Waals surface area (Å²) in [6.45, 7) is 6.69. The molecule has 1 atom stereocenters. The van der Waals surface area contributed by atoms with Crippen molar-refractivity contribution >= 4 is 5.95 Å². The number of likely N-dealkylation sites (tertiary alicyclic amines) is 1. The second-order valence-corrected chi connectivity index (χ2v) is 7.46. The van der Waals surface area contributed by atoms with Crippen LogP contribution in [0.3, 0.4) is 0 Å². The molecule has 1 aromatic heterocycles. The Bertz CT molecular complexity index is 752. The van der Waals surface area contributed by atoms with Crippen LogP contribution in [0, 0.1) is 11.7 Å². The monoisotopic (exact) mass is 386 g/mol. The molecular weight excluding hydrogens is 359 g/mol. The fourth-order valence-electron chi connectivity index (χ4n) is 3.79. The van der Waals surface area contributed by atoms with Crippen molar-refractivity contribution in [1.29, 1.82) is 0 Å². The number of anilines is 1. The van der Waals surface area contributed by atoms with Crippen LogP contribution in [0.4, 0.5) is 10.3 Å². The molecule has 2 aliphatic heterocycles. The molecule has 0 unspecified atom stereocenters. The Labute approximate surface area is 165 Å². The number of nitrogens with zero attached hydrogens (tertiary/aromatic N) is 4. The van der Waals surface area contributed by atoms with Crippen molar-refractivity contribution in [3.8, 4) is 5.75 Å². The summed E-state index contributed by atoms with van der Waals surface area (Å²) in [6, 6.07) is 8.24. The molecule has 28 heavy (non-hydrogen) atoms. The van der Waals surface area contributed by atoms with Gasteiger partial charge in [-0.15, -0.1) is 0 Å². The fraction of sp³-hybridized carbons (Fsp3) is 0.524. The zero-order chi connectivity index (χ0) is 19.2. The quantitative estimate of drug-likeness (QED) is 0.761. The molecule has 2 saturated heterocycles. The van der Waals surface area contributed by atoms with Crippen LogP contribution >= 0.6 is 0 Å². The molecule has 150 valence electrons. The lowest BCUT2D eigenvalue weighted by atomic mass is 9.99. The highest BCUT2D eigenvalue weighted by Gasteiger charge is 2.21. The first-order valence-corrected chi connectivity index (χ1v) is 10.0. The molecule has 2 aliphatic rings. The Morgan fingerprint density at radius 3 is 2.75 bits per heavy atom. The summed E-state index contributed by atoms with van der Waals surface area (Å²) >= 11 is 0. The maximum atomic E-state index is 13.0. The average molecular weight is 386 g/mol. The van der Waals surface area contributed by atoms with Gasteiger partial charge in [0, 0.05) is 38.3 Å². The van der Waals surface area contributed by atoms with Crippen LogP contribution in [0.25, 0.3) is 0 Å². The van der Waals surface area contributed by atoms with Gasteiger partial charge in [-0.3, -0.25) is 4.90 Å². The maximum absolute atomic E-state index is 13.0. The number of ether oxygens (including phenoxy) is 2. The summed E-state index contributed by atoms with van der Waals surface area (Å²) in [6.07, 6.45) is 4.16. The molecule has 4 rings (SSSR count). The van der Waals surface area contributed by atoms with E-state index in [1.165, 1.54) is 12.1 Å². The SMILES string of the molecule is Fc1ccc(OC[C@H]2CCCN(Cc3ccnc(N4CCOCC4)n3)C2)cc1. The molecular formula is C21H27FN4O2. The minimum atomic E-state index is -0.238. The zero-order valence-corrected chi connectivity index (χ0v) is 16.1. The lowest BCUT2D eigenvalue weighted by Crippen LogP contribution is -2.38. The molecule has 0 saturated carbocycles. The molecule has 0 bridgehead atoms. The van der Waals surface area contributed by atoms with Crippen LogP contribution in [0.1, 0.15) is 18.5 Å². The van der Waals surface area contributed by atoms with Gasteiger partial charge in [0.1, 0.15) is 11.6 Å². The van der Waals surface area contributed by atoms with Crippen molar-refractivity contribution in [2.75, 3.05) is 50.9 Å². The van der Waals surface area contributed by atoms with Gasteiger partial charge in [0.25, 0.3) is 0 Å². The molecule has 0 spiro atoms. The van der Waals surface area contributed by atoms with E-state index in [0.29, 0.717) is 12.5 Å². The average Bonchev–Trinajstić information content (AvgIpc) is 2.74. The van der Waals surface area contributed by atoms with E-state index in [4.69, 9.17) is 14.5 Å². The number of morpholine rings is 1. The van der Waals surface area contributed by atoms with E-state index in [2.05, 4.69) is 14.8 Å². The summed E-state index contributed by atoms with van der Waals surface area (Å²) in [7, 11) is 0. The molecule has 2 fully saturated rings. The van der Waals surface area contributed by atoms with Gasteiger partial charge in [0.15, 0.2) is 0 Å². The highest BCUT2D eigenvalue weighted by atomic mass is 19.1. The van der Waals surface area contributed by atoms with Crippen molar-refractivity contribution in [3.63, 3.8) is 0 Å². The summed E-state index contributed by atoms with van der Waals surface area (Å²) < 4.78 is 24.3. The summed E-state index contributed by atoms with van der Waals surface area (Å²) in [4.78, 5) is 13.8. The molecule has 0 aliphatic carbocycles. The van der Waals surface area contributed by atoms with E-state index in [9.17, 15) is 4.39 Å². The predicted octanol–water partition coefficient (Wildman–Crippen LogP) is 2.74. The van der Waals surface area contributed by atoms with E-state index >= 15 is 0 Å². The predicted molar refractivity (Wildman–Crippen MR) is 105 cm³/mol. The van der Waals surface area contributed by atoms with E-state index in [1.54, 1.807) is 12.1 Å². The van der Waals surface area contributed by atoms with Gasteiger partial charge in [-0.1, -0.05) is 0 Å². The number of benzene rings is 1. The van der Waals surface area contributed by atoms with Gasteiger partial charge in [0.2, 0.25) is 5.95 Å². The number of aromatic nitrogens is 2. The van der Waals surface area contributed by atoms with Gasteiger partial charge in [0.05, 0.1) is 25.5 Å². The first-order valence-electron chi connectivity index (χ1n) is 10.0. The normalized spacial score (nSPS) is 20.9. The minimum absolute atomic E-state index is 0.238. The van der Waals surface area contributed by atoms with Crippen molar-refractivity contribution in [2.45, 2.75) is 19.4 Å². The van der Waals surface area contributed by atoms with Crippen molar-refractivity contribution < 1.29 is 13.9 Å². The molecule has 6 nitrogen and oxygen atoms in total. The highest BCUT2D eigenvalue weighted by Crippen LogP contribution is 2.21. The van der Waals surface area contributed by atoms with Crippen LogP contribution in [-0.4, -0.2) is 60.9 Å². The van der Waals surface area contributed by atoms with Gasteiger partial charge >= 0.3 is 0 Å². The second kappa shape index (κ2) is 9.30. The Balaban J connectivity index is 1.30. The van der Waals surface area contributed by atoms with Gasteiger partial charge in [-0.2, -0.15) is 0 Å². The van der Waals surface area contributed by atoms with Crippen molar-refractivity contribution in [1.82, 2.24) is 14.9 Å². The van der Waals surface area contributed by atoms with Crippen LogP contribution in [0.5, 0.6) is 5.75 Å². The molecule has 3 heterocycles. The first kappa shape index (κ1) is 19.1. The number of halogens is 1. The molecule has 0 amide bonds. The number of hydrogen-bond donors (Lipinski definition) is 0. The smallest absolute Gasteiger partial charge is 0.225 e. The van der Waals surface area contributed by atoms with Crippen molar-refractivity contribution in [2.24, 2.45) is 5.92 Å². The lowest BCUT2D eigenvalue weighted by molar-refractivity contribution is 0.121. The summed E-state index contributed by atoms with van der Waals surface area (Å²) in [5, 5.41) is 0. The summed E-state index contributed by atoms with van der Waals surface area (Å²) in [5.74, 6) is 1.76. The number of hydrogen-bond acceptors (Lipinski definition) is 6.